The van der Waals surface area contributed by atoms with Crippen LogP contribution in [0.4, 0.5) is 0 Å². The van der Waals surface area contributed by atoms with Crippen LogP contribution in [0.1, 0.15) is 71.8 Å². The molecular weight excluding hydrogens is 458 g/mol. The molecule has 0 bridgehead atoms. The van der Waals surface area contributed by atoms with Crippen LogP contribution in [0.15, 0.2) is 30.3 Å². The van der Waals surface area contributed by atoms with Gasteiger partial charge in [0.15, 0.2) is 11.3 Å². The third-order valence-corrected chi connectivity index (χ3v) is 6.27. The van der Waals surface area contributed by atoms with Crippen molar-refractivity contribution in [1.29, 1.82) is 0 Å². The van der Waals surface area contributed by atoms with Gasteiger partial charge in [0.1, 0.15) is 12.1 Å². The monoisotopic (exact) mass is 503 g/mol. The highest BCUT2D eigenvalue weighted by Crippen LogP contribution is 2.21. The van der Waals surface area contributed by atoms with Crippen molar-refractivity contribution in [2.75, 3.05) is 6.54 Å². The minimum absolute atomic E-state index is 0.117. The number of amides is 3. The van der Waals surface area contributed by atoms with E-state index in [1.54, 1.807) is 6.92 Å². The largest absolute Gasteiger partial charge is 0.368 e. The fourth-order valence-electron chi connectivity index (χ4n) is 4.23. The summed E-state index contributed by atoms with van der Waals surface area (Å²) in [5, 5.41) is 5.36. The molecule has 202 valence electrons. The van der Waals surface area contributed by atoms with Crippen LogP contribution in [0.25, 0.3) is 0 Å². The first-order valence-corrected chi connectivity index (χ1v) is 12.9. The molecule has 9 heteroatoms. The molecule has 9 nitrogen and oxygen atoms in total. The molecule has 0 radical (unpaired) electrons. The number of nitrogens with two attached hydrogens (primary N) is 3. The fourth-order valence-corrected chi connectivity index (χ4v) is 4.23. The molecular formula is C27H45N5O4. The van der Waals surface area contributed by atoms with Gasteiger partial charge in [-0.3, -0.25) is 19.2 Å². The molecule has 0 fully saturated rings. The van der Waals surface area contributed by atoms with Gasteiger partial charge in [-0.2, -0.15) is 0 Å². The van der Waals surface area contributed by atoms with E-state index in [1.807, 2.05) is 51.1 Å². The van der Waals surface area contributed by atoms with Crippen LogP contribution in [0, 0.1) is 11.8 Å². The molecule has 0 aliphatic heterocycles. The lowest BCUT2D eigenvalue weighted by Crippen LogP contribution is -2.64. The SMILES string of the molecule is CCC[C@H](NC(=O)[C@@](N)(CCCCN)C(=O)C(C)Cc1ccccc1)C(=O)N[C@@H](CC(C)C)C(N)=O. The molecule has 1 aromatic carbocycles. The summed E-state index contributed by atoms with van der Waals surface area (Å²) in [7, 11) is 0. The van der Waals surface area contributed by atoms with E-state index < -0.39 is 41.3 Å². The Morgan fingerprint density at radius 2 is 1.61 bits per heavy atom. The number of hydrogen-bond donors (Lipinski definition) is 5. The van der Waals surface area contributed by atoms with Gasteiger partial charge in [-0.15, -0.1) is 0 Å². The average molecular weight is 504 g/mol. The summed E-state index contributed by atoms with van der Waals surface area (Å²) in [6.07, 6.45) is 2.95. The van der Waals surface area contributed by atoms with E-state index in [2.05, 4.69) is 10.6 Å². The Kier molecular flexibility index (Phi) is 13.3. The van der Waals surface area contributed by atoms with Gasteiger partial charge in [0, 0.05) is 5.92 Å². The highest BCUT2D eigenvalue weighted by molar-refractivity contribution is 6.12. The van der Waals surface area contributed by atoms with E-state index >= 15 is 0 Å². The van der Waals surface area contributed by atoms with E-state index in [4.69, 9.17) is 17.2 Å². The molecule has 0 saturated carbocycles. The number of unbranched alkanes of at least 4 members (excludes halogenated alkanes) is 1. The second kappa shape index (κ2) is 15.4. The van der Waals surface area contributed by atoms with Crippen LogP contribution < -0.4 is 27.8 Å². The van der Waals surface area contributed by atoms with Crippen molar-refractivity contribution in [3.8, 4) is 0 Å². The van der Waals surface area contributed by atoms with Gasteiger partial charge >= 0.3 is 0 Å². The van der Waals surface area contributed by atoms with E-state index in [0.29, 0.717) is 45.1 Å². The quantitative estimate of drug-likeness (QED) is 0.159. The normalized spacial score (nSPS) is 15.4. The molecule has 0 heterocycles. The zero-order valence-corrected chi connectivity index (χ0v) is 22.2. The summed E-state index contributed by atoms with van der Waals surface area (Å²) in [5.74, 6) is -2.62. The lowest BCUT2D eigenvalue weighted by molar-refractivity contribution is -0.140. The number of nitrogens with one attached hydrogen (secondary N) is 2. The van der Waals surface area contributed by atoms with Crippen molar-refractivity contribution in [3.05, 3.63) is 35.9 Å². The Morgan fingerprint density at radius 1 is 0.972 bits per heavy atom. The summed E-state index contributed by atoms with van der Waals surface area (Å²) >= 11 is 0. The number of carbonyl (C=O) groups is 4. The molecule has 4 atom stereocenters. The van der Waals surface area contributed by atoms with Crippen molar-refractivity contribution in [2.45, 2.75) is 90.3 Å². The maximum atomic E-state index is 13.5. The number of primary amides is 1. The van der Waals surface area contributed by atoms with Crippen molar-refractivity contribution in [1.82, 2.24) is 10.6 Å². The second-order valence-electron chi connectivity index (χ2n) is 10.1. The summed E-state index contributed by atoms with van der Waals surface area (Å²) in [5.41, 5.74) is 16.8. The van der Waals surface area contributed by atoms with Crippen LogP contribution in [0.5, 0.6) is 0 Å². The van der Waals surface area contributed by atoms with E-state index in [0.717, 1.165) is 5.56 Å². The number of hydrogen-bond acceptors (Lipinski definition) is 6. The van der Waals surface area contributed by atoms with Gasteiger partial charge in [-0.1, -0.05) is 64.4 Å². The van der Waals surface area contributed by atoms with Gasteiger partial charge < -0.3 is 27.8 Å². The first-order valence-electron chi connectivity index (χ1n) is 12.9. The van der Waals surface area contributed by atoms with Crippen molar-refractivity contribution < 1.29 is 19.2 Å². The zero-order chi connectivity index (χ0) is 27.3. The fraction of sp³-hybridized carbons (Fsp3) is 0.630. The predicted molar refractivity (Wildman–Crippen MR) is 142 cm³/mol. The highest BCUT2D eigenvalue weighted by Gasteiger charge is 2.44. The molecule has 0 spiro atoms. The third kappa shape index (κ3) is 9.70. The van der Waals surface area contributed by atoms with E-state index in [1.165, 1.54) is 0 Å². The Hall–Kier alpha value is -2.78. The number of rotatable bonds is 17. The van der Waals surface area contributed by atoms with Gasteiger partial charge in [0.05, 0.1) is 0 Å². The lowest BCUT2D eigenvalue weighted by Gasteiger charge is -2.32. The van der Waals surface area contributed by atoms with E-state index in [-0.39, 0.29) is 18.1 Å². The summed E-state index contributed by atoms with van der Waals surface area (Å²) in [4.78, 5) is 51.9. The van der Waals surface area contributed by atoms with Crippen LogP contribution in [0.2, 0.25) is 0 Å². The zero-order valence-electron chi connectivity index (χ0n) is 22.2. The third-order valence-electron chi connectivity index (χ3n) is 6.27. The highest BCUT2D eigenvalue weighted by atomic mass is 16.2. The maximum absolute atomic E-state index is 13.5. The molecule has 1 rings (SSSR count). The Bertz CT molecular complexity index is 861. The number of benzene rings is 1. The molecule has 0 aliphatic rings. The molecule has 3 amide bonds. The van der Waals surface area contributed by atoms with E-state index in [9.17, 15) is 19.2 Å². The molecule has 8 N–H and O–H groups in total. The standard InChI is InChI=1S/C27H45N5O4/c1-5-11-21(25(35)31-22(24(29)34)16-18(2)3)32-26(36)27(30,14-9-10-15-28)23(33)19(4)17-20-12-7-6-8-13-20/h6-8,12-13,18-19,21-22H,5,9-11,14-17,28,30H2,1-4H3,(H2,29,34)(H,31,35)(H,32,36)/t19?,21-,22-,27+/m0/s1. The molecule has 0 saturated heterocycles. The summed E-state index contributed by atoms with van der Waals surface area (Å²) in [6, 6.07) is 7.71. The van der Waals surface area contributed by atoms with Crippen LogP contribution in [-0.2, 0) is 25.6 Å². The topological polar surface area (TPSA) is 170 Å². The first-order chi connectivity index (χ1) is 17.0. The smallest absolute Gasteiger partial charge is 0.248 e. The minimum atomic E-state index is -1.81. The average Bonchev–Trinajstić information content (AvgIpc) is 2.82. The van der Waals surface area contributed by atoms with Gasteiger partial charge in [-0.25, -0.2) is 0 Å². The lowest BCUT2D eigenvalue weighted by atomic mass is 9.80. The molecule has 1 aromatic rings. The molecule has 36 heavy (non-hydrogen) atoms. The number of Topliss-reactive ketones (excluding diaryl/α,β-unsaturated/α-hetero) is 1. The molecule has 0 aliphatic carbocycles. The van der Waals surface area contributed by atoms with Crippen molar-refractivity contribution in [2.24, 2.45) is 29.0 Å². The van der Waals surface area contributed by atoms with Gasteiger partial charge in [0.2, 0.25) is 17.7 Å². The van der Waals surface area contributed by atoms with Crippen LogP contribution >= 0.6 is 0 Å². The summed E-state index contributed by atoms with van der Waals surface area (Å²) in [6.45, 7) is 7.87. The first kappa shape index (κ1) is 31.3. The van der Waals surface area contributed by atoms with Crippen LogP contribution in [0.3, 0.4) is 0 Å². The Labute approximate surface area is 215 Å². The van der Waals surface area contributed by atoms with Crippen molar-refractivity contribution >= 4 is 23.5 Å². The summed E-state index contributed by atoms with van der Waals surface area (Å²) < 4.78 is 0. The Morgan fingerprint density at radius 3 is 2.14 bits per heavy atom. The Balaban J connectivity index is 3.11. The van der Waals surface area contributed by atoms with Crippen molar-refractivity contribution in [3.63, 3.8) is 0 Å². The molecule has 0 aromatic heterocycles. The van der Waals surface area contributed by atoms with Crippen LogP contribution in [-0.4, -0.2) is 47.7 Å². The van der Waals surface area contributed by atoms with Gasteiger partial charge in [-0.05, 0) is 56.6 Å². The minimum Gasteiger partial charge on any atom is -0.368 e. The second-order valence-corrected chi connectivity index (χ2v) is 10.1. The van der Waals surface area contributed by atoms with Gasteiger partial charge in [0.25, 0.3) is 0 Å². The molecule has 1 unspecified atom stereocenters. The number of ketones is 1. The number of carbonyl (C=O) groups excluding carboxylic acids is 4. The maximum Gasteiger partial charge on any atom is 0.248 e. The predicted octanol–water partition coefficient (Wildman–Crippen LogP) is 1.56.